The van der Waals surface area contributed by atoms with Crippen LogP contribution in [0.25, 0.3) is 0 Å². The van der Waals surface area contributed by atoms with E-state index in [2.05, 4.69) is 5.32 Å². The highest BCUT2D eigenvalue weighted by atomic mass is 35.5. The van der Waals surface area contributed by atoms with Crippen LogP contribution in [0.2, 0.25) is 10.0 Å². The molecule has 0 heterocycles. The fraction of sp³-hybridized carbons (Fsp3) is 0.278. The van der Waals surface area contributed by atoms with Gasteiger partial charge in [0.25, 0.3) is 0 Å². The molecular weight excluding hydrogens is 365 g/mol. The molecule has 6 heteroatoms. The maximum atomic E-state index is 12.0. The van der Waals surface area contributed by atoms with E-state index in [0.717, 1.165) is 5.56 Å². The molecule has 0 aliphatic heterocycles. The largest absolute Gasteiger partial charge is 0.490 e. The van der Waals surface area contributed by atoms with Crippen LogP contribution in [0, 0.1) is 0 Å². The van der Waals surface area contributed by atoms with Gasteiger partial charge in [0.1, 0.15) is 0 Å². The van der Waals surface area contributed by atoms with Gasteiger partial charge in [-0.15, -0.1) is 11.8 Å². The summed E-state index contributed by atoms with van der Waals surface area (Å²) in [4.78, 5) is 12.0. The van der Waals surface area contributed by atoms with Gasteiger partial charge >= 0.3 is 0 Å². The smallest absolute Gasteiger partial charge is 0.230 e. The zero-order chi connectivity index (χ0) is 17.4. The molecule has 3 nitrogen and oxygen atoms in total. The number of benzene rings is 2. The van der Waals surface area contributed by atoms with Crippen LogP contribution in [0.15, 0.2) is 48.5 Å². The molecule has 0 saturated carbocycles. The Bertz CT molecular complexity index is 647. The van der Waals surface area contributed by atoms with Crippen LogP contribution in [0.5, 0.6) is 5.75 Å². The molecule has 24 heavy (non-hydrogen) atoms. The lowest BCUT2D eigenvalue weighted by Gasteiger charge is -2.14. The number of carbonyl (C=O) groups is 1. The molecule has 0 unspecified atom stereocenters. The molecule has 0 saturated heterocycles. The van der Waals surface area contributed by atoms with Crippen molar-refractivity contribution in [2.75, 3.05) is 18.1 Å². The number of hydrogen-bond donors (Lipinski definition) is 1. The van der Waals surface area contributed by atoms with E-state index in [9.17, 15) is 4.79 Å². The Labute approximate surface area is 156 Å². The number of para-hydroxylation sites is 1. The van der Waals surface area contributed by atoms with E-state index in [0.29, 0.717) is 33.9 Å². The van der Waals surface area contributed by atoms with Gasteiger partial charge < -0.3 is 10.1 Å². The third kappa shape index (κ3) is 5.93. The van der Waals surface area contributed by atoms with Gasteiger partial charge in [0, 0.05) is 5.75 Å². The van der Waals surface area contributed by atoms with Gasteiger partial charge in [-0.05, 0) is 24.6 Å². The summed E-state index contributed by atoms with van der Waals surface area (Å²) < 4.78 is 5.58. The van der Waals surface area contributed by atoms with Crippen molar-refractivity contribution in [3.05, 3.63) is 64.1 Å². The van der Waals surface area contributed by atoms with Crippen LogP contribution in [-0.2, 0) is 4.79 Å². The highest BCUT2D eigenvalue weighted by Gasteiger charge is 2.10. The lowest BCUT2D eigenvalue weighted by molar-refractivity contribution is -0.119. The summed E-state index contributed by atoms with van der Waals surface area (Å²) in [5, 5.41) is 3.96. The predicted molar refractivity (Wildman–Crippen MR) is 102 cm³/mol. The lowest BCUT2D eigenvalue weighted by Crippen LogP contribution is -2.28. The van der Waals surface area contributed by atoms with Crippen LogP contribution in [0.1, 0.15) is 18.5 Å². The van der Waals surface area contributed by atoms with Gasteiger partial charge in [0.05, 0.1) is 28.4 Å². The van der Waals surface area contributed by atoms with Crippen LogP contribution >= 0.6 is 35.0 Å². The van der Waals surface area contributed by atoms with Crippen molar-refractivity contribution >= 4 is 40.9 Å². The molecule has 1 amide bonds. The third-order valence-corrected chi connectivity index (χ3v) is 4.82. The number of rotatable bonds is 8. The molecule has 2 rings (SSSR count). The Morgan fingerprint density at radius 1 is 1.12 bits per heavy atom. The van der Waals surface area contributed by atoms with Gasteiger partial charge in [-0.1, -0.05) is 59.6 Å². The van der Waals surface area contributed by atoms with Crippen molar-refractivity contribution in [1.29, 1.82) is 0 Å². The zero-order valence-electron chi connectivity index (χ0n) is 13.3. The lowest BCUT2D eigenvalue weighted by atomic mass is 10.1. The number of hydrogen-bond acceptors (Lipinski definition) is 3. The Hall–Kier alpha value is -1.36. The maximum absolute atomic E-state index is 12.0. The average Bonchev–Trinajstić information content (AvgIpc) is 2.57. The minimum absolute atomic E-state index is 0.00233. The molecule has 0 bridgehead atoms. The number of amides is 1. The molecule has 0 aliphatic rings. The number of thioether (sulfide) groups is 1. The predicted octanol–water partition coefficient (Wildman–Crippen LogP) is 4.98. The zero-order valence-corrected chi connectivity index (χ0v) is 15.6. The molecule has 1 N–H and O–H groups in total. The third-order valence-electron chi connectivity index (χ3n) is 3.30. The van der Waals surface area contributed by atoms with E-state index >= 15 is 0 Å². The standard InChI is InChI=1S/C18H19Cl2NO2S/c1-13(14-6-3-2-4-7-14)21-17(22)12-24-11-10-23-18-15(19)8-5-9-16(18)20/h2-9,13H,10-12H2,1H3,(H,21,22)/t13-/m0/s1. The van der Waals surface area contributed by atoms with Crippen LogP contribution < -0.4 is 10.1 Å². The topological polar surface area (TPSA) is 38.3 Å². The Morgan fingerprint density at radius 2 is 1.79 bits per heavy atom. The van der Waals surface area contributed by atoms with E-state index in [4.69, 9.17) is 27.9 Å². The monoisotopic (exact) mass is 383 g/mol. The summed E-state index contributed by atoms with van der Waals surface area (Å²) in [7, 11) is 0. The first-order chi connectivity index (χ1) is 11.6. The maximum Gasteiger partial charge on any atom is 0.230 e. The molecule has 2 aromatic rings. The number of halogens is 2. The van der Waals surface area contributed by atoms with E-state index in [1.54, 1.807) is 18.2 Å². The second-order valence-electron chi connectivity index (χ2n) is 5.15. The Balaban J connectivity index is 1.66. The summed E-state index contributed by atoms with van der Waals surface area (Å²) in [6.45, 7) is 2.41. The highest BCUT2D eigenvalue weighted by molar-refractivity contribution is 7.99. The van der Waals surface area contributed by atoms with Gasteiger partial charge in [0.2, 0.25) is 5.91 Å². The van der Waals surface area contributed by atoms with Crippen molar-refractivity contribution in [2.45, 2.75) is 13.0 Å². The molecule has 0 radical (unpaired) electrons. The van der Waals surface area contributed by atoms with Gasteiger partial charge in [-0.3, -0.25) is 4.79 Å². The minimum Gasteiger partial charge on any atom is -0.490 e. The molecule has 0 fully saturated rings. The second kappa shape index (κ2) is 9.82. The minimum atomic E-state index is -0.00233. The van der Waals surface area contributed by atoms with E-state index in [-0.39, 0.29) is 11.9 Å². The van der Waals surface area contributed by atoms with Gasteiger partial charge in [-0.25, -0.2) is 0 Å². The molecule has 0 aliphatic carbocycles. The van der Waals surface area contributed by atoms with Crippen molar-refractivity contribution in [3.63, 3.8) is 0 Å². The summed E-state index contributed by atoms with van der Waals surface area (Å²) in [5.74, 6) is 1.56. The number of carbonyl (C=O) groups excluding carboxylic acids is 1. The van der Waals surface area contributed by atoms with E-state index in [1.807, 2.05) is 37.3 Å². The molecular formula is C18H19Cl2NO2S. The van der Waals surface area contributed by atoms with Crippen LogP contribution in [0.3, 0.4) is 0 Å². The fourth-order valence-corrected chi connectivity index (χ4v) is 3.22. The molecule has 2 aromatic carbocycles. The second-order valence-corrected chi connectivity index (χ2v) is 7.07. The highest BCUT2D eigenvalue weighted by Crippen LogP contribution is 2.32. The SMILES string of the molecule is C[C@H](NC(=O)CSCCOc1c(Cl)cccc1Cl)c1ccccc1. The number of ether oxygens (including phenoxy) is 1. The molecule has 0 aromatic heterocycles. The number of nitrogens with one attached hydrogen (secondary N) is 1. The average molecular weight is 384 g/mol. The summed E-state index contributed by atoms with van der Waals surface area (Å²) in [5.41, 5.74) is 1.09. The molecule has 128 valence electrons. The van der Waals surface area contributed by atoms with E-state index in [1.165, 1.54) is 11.8 Å². The van der Waals surface area contributed by atoms with Crippen LogP contribution in [-0.4, -0.2) is 24.0 Å². The van der Waals surface area contributed by atoms with E-state index < -0.39 is 0 Å². The summed E-state index contributed by atoms with van der Waals surface area (Å²) in [6.07, 6.45) is 0. The first kappa shape index (κ1) is 19.0. The normalized spacial score (nSPS) is 11.8. The van der Waals surface area contributed by atoms with Gasteiger partial charge in [-0.2, -0.15) is 0 Å². The van der Waals surface area contributed by atoms with Crippen molar-refractivity contribution < 1.29 is 9.53 Å². The van der Waals surface area contributed by atoms with Gasteiger partial charge in [0.15, 0.2) is 5.75 Å². The van der Waals surface area contributed by atoms with Crippen LogP contribution in [0.4, 0.5) is 0 Å². The molecule has 1 atom stereocenters. The first-order valence-electron chi connectivity index (χ1n) is 7.57. The van der Waals surface area contributed by atoms with Crippen molar-refractivity contribution in [3.8, 4) is 5.75 Å². The summed E-state index contributed by atoms with van der Waals surface area (Å²) >= 11 is 13.6. The Kier molecular flexibility index (Phi) is 7.76. The first-order valence-corrected chi connectivity index (χ1v) is 9.48. The fourth-order valence-electron chi connectivity index (χ4n) is 2.10. The molecule has 0 spiro atoms. The van der Waals surface area contributed by atoms with Crippen molar-refractivity contribution in [1.82, 2.24) is 5.32 Å². The quantitative estimate of drug-likeness (QED) is 0.652. The summed E-state index contributed by atoms with van der Waals surface area (Å²) in [6, 6.07) is 15.1. The van der Waals surface area contributed by atoms with Crippen molar-refractivity contribution in [2.24, 2.45) is 0 Å². The Morgan fingerprint density at radius 3 is 2.46 bits per heavy atom.